The average Bonchev–Trinajstić information content (AvgIpc) is 3.35. The normalized spacial score (nSPS) is 20.3. The number of β-amino-alcohol motifs (C(OH)–C–C–N with tert-alkyl or cyclic N) is 1. The van der Waals surface area contributed by atoms with Crippen LogP contribution >= 0.6 is 0 Å². The number of carbonyl (C=O) groups is 1. The first-order valence-electron chi connectivity index (χ1n) is 11.1. The summed E-state index contributed by atoms with van der Waals surface area (Å²) in [5, 5.41) is 15.3. The molecule has 3 heterocycles. The summed E-state index contributed by atoms with van der Waals surface area (Å²) in [5.41, 5.74) is 7.31. The van der Waals surface area contributed by atoms with E-state index in [2.05, 4.69) is 15.2 Å². The predicted octanol–water partition coefficient (Wildman–Crippen LogP) is 2.35. The lowest BCUT2D eigenvalue weighted by Gasteiger charge is -2.38. The van der Waals surface area contributed by atoms with Crippen LogP contribution in [0.25, 0.3) is 17.0 Å². The number of primary amides is 1. The van der Waals surface area contributed by atoms with Crippen molar-refractivity contribution in [3.8, 4) is 5.75 Å². The van der Waals surface area contributed by atoms with E-state index in [9.17, 15) is 9.90 Å². The number of nitrogens with one attached hydrogen (secondary N) is 1. The topological polar surface area (TPSA) is 114 Å². The van der Waals surface area contributed by atoms with Gasteiger partial charge >= 0.3 is 0 Å². The Hall–Kier alpha value is -3.20. The van der Waals surface area contributed by atoms with Gasteiger partial charge in [0.2, 0.25) is 5.91 Å². The highest BCUT2D eigenvalue weighted by Gasteiger charge is 2.33. The number of ether oxygens (including phenoxy) is 1. The van der Waals surface area contributed by atoms with Crippen molar-refractivity contribution in [2.45, 2.75) is 18.6 Å². The van der Waals surface area contributed by atoms with Gasteiger partial charge in [0.15, 0.2) is 0 Å². The molecule has 174 valence electrons. The van der Waals surface area contributed by atoms with Crippen molar-refractivity contribution < 1.29 is 19.1 Å². The Morgan fingerprint density at radius 3 is 3.06 bits per heavy atom. The number of rotatable bonds is 9. The molecule has 0 bridgehead atoms. The van der Waals surface area contributed by atoms with Gasteiger partial charge in [0.1, 0.15) is 11.5 Å². The maximum Gasteiger partial charge on any atom is 0.223 e. The van der Waals surface area contributed by atoms with Crippen LogP contribution in [0.1, 0.15) is 23.8 Å². The third kappa shape index (κ3) is 5.60. The van der Waals surface area contributed by atoms with Crippen molar-refractivity contribution in [1.82, 2.24) is 15.2 Å². The Bertz CT molecular complexity index is 1100. The SMILES string of the molecule is COc1ccc2nccc([C@@H](O)CN3CCC(NCC=Cc4ccco4)C(C(N)=O)C3)c2c1. The van der Waals surface area contributed by atoms with Crippen LogP contribution in [0.2, 0.25) is 0 Å². The number of pyridine rings is 1. The van der Waals surface area contributed by atoms with E-state index >= 15 is 0 Å². The zero-order valence-electron chi connectivity index (χ0n) is 18.7. The molecule has 1 saturated heterocycles. The van der Waals surface area contributed by atoms with Crippen LogP contribution in [0, 0.1) is 5.92 Å². The Labute approximate surface area is 193 Å². The predicted molar refractivity (Wildman–Crippen MR) is 127 cm³/mol. The maximum atomic E-state index is 12.2. The molecule has 8 nitrogen and oxygen atoms in total. The van der Waals surface area contributed by atoms with Crippen molar-refractivity contribution in [3.05, 3.63) is 66.3 Å². The van der Waals surface area contributed by atoms with Crippen LogP contribution in [-0.4, -0.2) is 60.2 Å². The number of aliphatic hydroxyl groups is 1. The van der Waals surface area contributed by atoms with Crippen molar-refractivity contribution in [2.24, 2.45) is 11.7 Å². The zero-order chi connectivity index (χ0) is 23.2. The molecule has 8 heteroatoms. The highest BCUT2D eigenvalue weighted by molar-refractivity contribution is 5.83. The fourth-order valence-corrected chi connectivity index (χ4v) is 4.41. The summed E-state index contributed by atoms with van der Waals surface area (Å²) in [7, 11) is 1.61. The Morgan fingerprint density at radius 2 is 2.30 bits per heavy atom. The van der Waals surface area contributed by atoms with Gasteiger partial charge in [-0.05, 0) is 61.0 Å². The lowest BCUT2D eigenvalue weighted by atomic mass is 9.90. The summed E-state index contributed by atoms with van der Waals surface area (Å²) in [5.74, 6) is 0.831. The smallest absolute Gasteiger partial charge is 0.223 e. The van der Waals surface area contributed by atoms with Gasteiger partial charge in [-0.25, -0.2) is 0 Å². The van der Waals surface area contributed by atoms with Gasteiger partial charge in [-0.2, -0.15) is 0 Å². The minimum absolute atomic E-state index is 0.0110. The second-order valence-electron chi connectivity index (χ2n) is 8.29. The minimum Gasteiger partial charge on any atom is -0.497 e. The Morgan fingerprint density at radius 1 is 1.42 bits per heavy atom. The van der Waals surface area contributed by atoms with Crippen LogP contribution in [-0.2, 0) is 4.79 Å². The van der Waals surface area contributed by atoms with E-state index in [0.717, 1.165) is 35.2 Å². The molecule has 2 unspecified atom stereocenters. The van der Waals surface area contributed by atoms with Gasteiger partial charge < -0.3 is 25.3 Å². The van der Waals surface area contributed by atoms with Crippen molar-refractivity contribution in [3.63, 3.8) is 0 Å². The summed E-state index contributed by atoms with van der Waals surface area (Å²) in [6.45, 7) is 2.28. The van der Waals surface area contributed by atoms with E-state index in [1.165, 1.54) is 0 Å². The van der Waals surface area contributed by atoms with Crippen LogP contribution in [0.5, 0.6) is 5.75 Å². The van der Waals surface area contributed by atoms with E-state index in [4.69, 9.17) is 14.9 Å². The molecule has 0 radical (unpaired) electrons. The number of piperidine rings is 1. The third-order valence-corrected chi connectivity index (χ3v) is 6.16. The summed E-state index contributed by atoms with van der Waals surface area (Å²) >= 11 is 0. The number of aliphatic hydroxyl groups excluding tert-OH is 1. The van der Waals surface area contributed by atoms with Gasteiger partial charge in [-0.1, -0.05) is 6.08 Å². The second-order valence-corrected chi connectivity index (χ2v) is 8.29. The number of methoxy groups -OCH3 is 1. The Kier molecular flexibility index (Phi) is 7.39. The number of hydrogen-bond donors (Lipinski definition) is 3. The van der Waals surface area contributed by atoms with Gasteiger partial charge in [0, 0.05) is 37.3 Å². The van der Waals surface area contributed by atoms with Gasteiger partial charge in [0.25, 0.3) is 0 Å². The molecular weight excluding hydrogens is 420 g/mol. The number of amides is 1. The van der Waals surface area contributed by atoms with Gasteiger partial charge in [0.05, 0.1) is 30.9 Å². The molecule has 3 aromatic rings. The lowest BCUT2D eigenvalue weighted by molar-refractivity contribution is -0.124. The molecule has 1 aromatic carbocycles. The van der Waals surface area contributed by atoms with Crippen LogP contribution in [0.3, 0.4) is 0 Å². The summed E-state index contributed by atoms with van der Waals surface area (Å²) < 4.78 is 10.6. The largest absolute Gasteiger partial charge is 0.497 e. The molecule has 2 aromatic heterocycles. The third-order valence-electron chi connectivity index (χ3n) is 6.16. The molecule has 0 saturated carbocycles. The first-order chi connectivity index (χ1) is 16.0. The highest BCUT2D eigenvalue weighted by atomic mass is 16.5. The van der Waals surface area contributed by atoms with E-state index in [1.807, 2.05) is 48.6 Å². The van der Waals surface area contributed by atoms with E-state index in [1.54, 1.807) is 19.6 Å². The monoisotopic (exact) mass is 450 g/mol. The van der Waals surface area contributed by atoms with Gasteiger partial charge in [-0.3, -0.25) is 14.7 Å². The molecule has 4 rings (SSSR count). The van der Waals surface area contributed by atoms with Gasteiger partial charge in [-0.15, -0.1) is 0 Å². The number of nitrogens with two attached hydrogens (primary N) is 1. The molecule has 4 N–H and O–H groups in total. The first-order valence-corrected chi connectivity index (χ1v) is 11.1. The van der Waals surface area contributed by atoms with Crippen molar-refractivity contribution >= 4 is 22.9 Å². The summed E-state index contributed by atoms with van der Waals surface area (Å²) in [4.78, 5) is 18.7. The number of nitrogens with zero attached hydrogens (tertiary/aromatic N) is 2. The molecular formula is C25H30N4O4. The number of furan rings is 1. The van der Waals surface area contributed by atoms with Crippen molar-refractivity contribution in [1.29, 1.82) is 0 Å². The summed E-state index contributed by atoms with van der Waals surface area (Å²) in [6.07, 6.45) is 7.23. The fourth-order valence-electron chi connectivity index (χ4n) is 4.41. The number of hydrogen-bond acceptors (Lipinski definition) is 7. The average molecular weight is 451 g/mol. The molecule has 3 atom stereocenters. The quantitative estimate of drug-likeness (QED) is 0.458. The highest BCUT2D eigenvalue weighted by Crippen LogP contribution is 2.28. The van der Waals surface area contributed by atoms with E-state index in [-0.39, 0.29) is 17.9 Å². The van der Waals surface area contributed by atoms with Crippen LogP contribution in [0.15, 0.2) is 59.4 Å². The Balaban J connectivity index is 1.38. The minimum atomic E-state index is -0.725. The molecule has 0 spiro atoms. The number of fused-ring (bicyclic) bond motifs is 1. The number of likely N-dealkylation sites (tertiary alicyclic amines) is 1. The first kappa shape index (κ1) is 23.0. The maximum absolute atomic E-state index is 12.2. The zero-order valence-corrected chi connectivity index (χ0v) is 18.7. The number of benzene rings is 1. The molecule has 33 heavy (non-hydrogen) atoms. The van der Waals surface area contributed by atoms with E-state index in [0.29, 0.717) is 25.4 Å². The van der Waals surface area contributed by atoms with Crippen molar-refractivity contribution in [2.75, 3.05) is 33.3 Å². The molecule has 1 aliphatic heterocycles. The summed E-state index contributed by atoms with van der Waals surface area (Å²) in [6, 6.07) is 11.2. The fraction of sp³-hybridized carbons (Fsp3) is 0.360. The number of aromatic nitrogens is 1. The second kappa shape index (κ2) is 10.6. The number of carbonyl (C=O) groups excluding carboxylic acids is 1. The molecule has 0 aliphatic carbocycles. The van der Waals surface area contributed by atoms with Crippen LogP contribution < -0.4 is 15.8 Å². The standard InChI is InChI=1S/C25H30N4O4/c1-32-18-6-7-22-20(14-18)19(8-11-28-22)24(30)16-29-12-9-23(21(15-29)25(26)31)27-10-2-4-17-5-3-13-33-17/h2-8,11,13-14,21,23-24,27,30H,9-10,12,15-16H2,1H3,(H2,26,31)/t21?,23?,24-/m0/s1. The van der Waals surface area contributed by atoms with Crippen LogP contribution in [0.4, 0.5) is 0 Å². The molecule has 1 fully saturated rings. The molecule has 1 amide bonds. The molecule has 1 aliphatic rings. The lowest BCUT2D eigenvalue weighted by Crippen LogP contribution is -2.54. The van der Waals surface area contributed by atoms with E-state index < -0.39 is 6.10 Å².